The molecule has 0 aliphatic heterocycles. The van der Waals surface area contributed by atoms with Crippen molar-refractivity contribution in [2.75, 3.05) is 0 Å². The minimum Gasteiger partial charge on any atom is -0.341 e. The van der Waals surface area contributed by atoms with E-state index in [1.807, 2.05) is 13.0 Å². The summed E-state index contributed by atoms with van der Waals surface area (Å²) < 4.78 is 1.08. The molecule has 0 amide bonds. The van der Waals surface area contributed by atoms with Gasteiger partial charge in [0, 0.05) is 4.47 Å². The van der Waals surface area contributed by atoms with Gasteiger partial charge >= 0.3 is 0 Å². The van der Waals surface area contributed by atoms with E-state index in [1.165, 1.54) is 5.56 Å². The van der Waals surface area contributed by atoms with Gasteiger partial charge in [-0.05, 0) is 31.5 Å². The molecule has 0 saturated carbocycles. The molecular formula is C10H12BrN3. The quantitative estimate of drug-likeness (QED) is 0.821. The number of benzene rings is 1. The molecule has 2 aromatic rings. The van der Waals surface area contributed by atoms with E-state index in [-0.39, 0.29) is 6.04 Å². The zero-order valence-electron chi connectivity index (χ0n) is 8.13. The van der Waals surface area contributed by atoms with Crippen molar-refractivity contribution in [3.8, 4) is 0 Å². The molecule has 2 rings (SSSR count). The summed E-state index contributed by atoms with van der Waals surface area (Å²) in [6, 6.07) is 4.02. The topological polar surface area (TPSA) is 54.7 Å². The molecule has 0 fully saturated rings. The predicted octanol–water partition coefficient (Wildman–Crippen LogP) is 2.65. The lowest BCUT2D eigenvalue weighted by molar-refractivity contribution is 0.760. The highest BCUT2D eigenvalue weighted by atomic mass is 79.9. The fraction of sp³-hybridized carbons (Fsp3) is 0.300. The number of halogens is 1. The summed E-state index contributed by atoms with van der Waals surface area (Å²) in [5, 5.41) is 0. The van der Waals surface area contributed by atoms with Gasteiger partial charge in [-0.2, -0.15) is 0 Å². The predicted molar refractivity (Wildman–Crippen MR) is 61.1 cm³/mol. The van der Waals surface area contributed by atoms with Gasteiger partial charge in [0.2, 0.25) is 0 Å². The van der Waals surface area contributed by atoms with Crippen molar-refractivity contribution in [1.82, 2.24) is 9.97 Å². The van der Waals surface area contributed by atoms with Crippen LogP contribution >= 0.6 is 15.9 Å². The number of rotatable bonds is 1. The van der Waals surface area contributed by atoms with Gasteiger partial charge in [-0.25, -0.2) is 4.98 Å². The standard InChI is InChI=1S/C10H12BrN3/c1-5-3-8-9(4-7(5)11)14-10(13-8)6(2)12/h3-4,6H,12H2,1-2H3,(H,13,14)/t6-/m0/s1. The molecule has 1 atom stereocenters. The molecule has 14 heavy (non-hydrogen) atoms. The second-order valence-electron chi connectivity index (χ2n) is 3.53. The molecule has 0 aliphatic rings. The molecule has 0 radical (unpaired) electrons. The number of H-pyrrole nitrogens is 1. The molecule has 4 heteroatoms. The lowest BCUT2D eigenvalue weighted by atomic mass is 10.2. The molecule has 0 aliphatic carbocycles. The third kappa shape index (κ3) is 1.55. The number of nitrogens with one attached hydrogen (secondary N) is 1. The first-order chi connectivity index (χ1) is 6.58. The maximum Gasteiger partial charge on any atom is 0.123 e. The third-order valence-electron chi connectivity index (χ3n) is 2.21. The maximum atomic E-state index is 5.75. The number of nitrogens with zero attached hydrogens (tertiary/aromatic N) is 1. The average Bonchev–Trinajstić information content (AvgIpc) is 2.48. The van der Waals surface area contributed by atoms with Gasteiger partial charge in [0.1, 0.15) is 5.82 Å². The first-order valence-electron chi connectivity index (χ1n) is 4.49. The van der Waals surface area contributed by atoms with Crippen molar-refractivity contribution in [1.29, 1.82) is 0 Å². The number of hydrogen-bond donors (Lipinski definition) is 2. The van der Waals surface area contributed by atoms with Gasteiger partial charge in [-0.15, -0.1) is 0 Å². The molecule has 3 N–H and O–H groups in total. The summed E-state index contributed by atoms with van der Waals surface area (Å²) in [7, 11) is 0. The van der Waals surface area contributed by atoms with Crippen molar-refractivity contribution < 1.29 is 0 Å². The fourth-order valence-corrected chi connectivity index (χ4v) is 1.71. The summed E-state index contributed by atoms with van der Waals surface area (Å²) in [4.78, 5) is 7.61. The third-order valence-corrected chi connectivity index (χ3v) is 3.07. The normalized spacial score (nSPS) is 13.4. The van der Waals surface area contributed by atoms with Crippen LogP contribution < -0.4 is 5.73 Å². The molecule has 0 spiro atoms. The van der Waals surface area contributed by atoms with E-state index >= 15 is 0 Å². The Morgan fingerprint density at radius 1 is 1.50 bits per heavy atom. The number of aryl methyl sites for hydroxylation is 1. The Kier molecular flexibility index (Phi) is 2.33. The largest absolute Gasteiger partial charge is 0.341 e. The minimum atomic E-state index is -0.0542. The lowest BCUT2D eigenvalue weighted by Gasteiger charge is -1.96. The van der Waals surface area contributed by atoms with Crippen molar-refractivity contribution in [3.05, 3.63) is 28.0 Å². The average molecular weight is 254 g/mol. The molecule has 74 valence electrons. The Balaban J connectivity index is 2.66. The van der Waals surface area contributed by atoms with Crippen molar-refractivity contribution in [2.45, 2.75) is 19.9 Å². The van der Waals surface area contributed by atoms with Crippen molar-refractivity contribution in [2.24, 2.45) is 5.73 Å². The Hall–Kier alpha value is -0.870. The zero-order chi connectivity index (χ0) is 10.3. The van der Waals surface area contributed by atoms with Crippen LogP contribution in [0.2, 0.25) is 0 Å². The Bertz CT molecular complexity index is 434. The molecular weight excluding hydrogens is 242 g/mol. The van der Waals surface area contributed by atoms with Crippen LogP contribution in [0.4, 0.5) is 0 Å². The summed E-state index contributed by atoms with van der Waals surface area (Å²) in [5.74, 6) is 0.831. The number of hydrogen-bond acceptors (Lipinski definition) is 2. The van der Waals surface area contributed by atoms with Gasteiger partial charge in [0.05, 0.1) is 17.1 Å². The molecule has 1 aromatic carbocycles. The van der Waals surface area contributed by atoms with Crippen LogP contribution in [0.3, 0.4) is 0 Å². The molecule has 3 nitrogen and oxygen atoms in total. The van der Waals surface area contributed by atoms with E-state index in [4.69, 9.17) is 5.73 Å². The molecule has 0 saturated heterocycles. The summed E-state index contributed by atoms with van der Waals surface area (Å²) in [6.07, 6.45) is 0. The summed E-state index contributed by atoms with van der Waals surface area (Å²) in [6.45, 7) is 3.97. The van der Waals surface area contributed by atoms with Crippen LogP contribution in [-0.2, 0) is 0 Å². The number of aromatic nitrogens is 2. The van der Waals surface area contributed by atoms with Crippen LogP contribution in [0.5, 0.6) is 0 Å². The number of imidazole rings is 1. The van der Waals surface area contributed by atoms with E-state index in [1.54, 1.807) is 0 Å². The maximum absolute atomic E-state index is 5.75. The summed E-state index contributed by atoms with van der Waals surface area (Å²) >= 11 is 3.48. The number of nitrogens with two attached hydrogens (primary N) is 1. The van der Waals surface area contributed by atoms with Gasteiger partial charge in [0.25, 0.3) is 0 Å². The first kappa shape index (κ1) is 9.68. The van der Waals surface area contributed by atoms with Crippen LogP contribution in [-0.4, -0.2) is 9.97 Å². The molecule has 0 unspecified atom stereocenters. The van der Waals surface area contributed by atoms with E-state index in [0.717, 1.165) is 21.3 Å². The van der Waals surface area contributed by atoms with Gasteiger partial charge < -0.3 is 10.7 Å². The summed E-state index contributed by atoms with van der Waals surface area (Å²) in [5.41, 5.74) is 8.93. The Morgan fingerprint density at radius 3 is 2.86 bits per heavy atom. The highest BCUT2D eigenvalue weighted by Crippen LogP contribution is 2.23. The van der Waals surface area contributed by atoms with Crippen LogP contribution in [0.1, 0.15) is 24.4 Å². The van der Waals surface area contributed by atoms with Crippen LogP contribution in [0.15, 0.2) is 16.6 Å². The molecule has 1 heterocycles. The second-order valence-corrected chi connectivity index (χ2v) is 4.38. The lowest BCUT2D eigenvalue weighted by Crippen LogP contribution is -2.06. The SMILES string of the molecule is Cc1cc2[nH]c([C@H](C)N)nc2cc1Br. The second kappa shape index (κ2) is 3.37. The Morgan fingerprint density at radius 2 is 2.21 bits per heavy atom. The number of aromatic amines is 1. The van der Waals surface area contributed by atoms with Gasteiger partial charge in [-0.3, -0.25) is 0 Å². The fourth-order valence-electron chi connectivity index (χ4n) is 1.37. The van der Waals surface area contributed by atoms with Crippen LogP contribution in [0.25, 0.3) is 11.0 Å². The van der Waals surface area contributed by atoms with E-state index < -0.39 is 0 Å². The van der Waals surface area contributed by atoms with Crippen molar-refractivity contribution >= 4 is 27.0 Å². The first-order valence-corrected chi connectivity index (χ1v) is 5.28. The minimum absolute atomic E-state index is 0.0542. The van der Waals surface area contributed by atoms with E-state index in [0.29, 0.717) is 0 Å². The highest BCUT2D eigenvalue weighted by molar-refractivity contribution is 9.10. The molecule has 0 bridgehead atoms. The van der Waals surface area contributed by atoms with E-state index in [9.17, 15) is 0 Å². The van der Waals surface area contributed by atoms with Gasteiger partial charge in [-0.1, -0.05) is 15.9 Å². The van der Waals surface area contributed by atoms with Gasteiger partial charge in [0.15, 0.2) is 0 Å². The number of fused-ring (bicyclic) bond motifs is 1. The van der Waals surface area contributed by atoms with E-state index in [2.05, 4.69) is 38.9 Å². The highest BCUT2D eigenvalue weighted by Gasteiger charge is 2.07. The smallest absolute Gasteiger partial charge is 0.123 e. The van der Waals surface area contributed by atoms with Crippen molar-refractivity contribution in [3.63, 3.8) is 0 Å². The zero-order valence-corrected chi connectivity index (χ0v) is 9.72. The Labute approximate surface area is 90.8 Å². The van der Waals surface area contributed by atoms with Crippen LogP contribution in [0, 0.1) is 6.92 Å². The molecule has 1 aromatic heterocycles. The monoisotopic (exact) mass is 253 g/mol.